The smallest absolute Gasteiger partial charge is 1.00 e. The Hall–Kier alpha value is -0.175. The molecule has 2 unspecified atom stereocenters. The van der Waals surface area contributed by atoms with E-state index in [0.717, 1.165) is 0 Å². The van der Waals surface area contributed by atoms with E-state index in [9.17, 15) is 0 Å². The second-order valence-corrected chi connectivity index (χ2v) is 17.2. The molecule has 0 radical (unpaired) electrons. The van der Waals surface area contributed by atoms with Crippen molar-refractivity contribution in [3.63, 3.8) is 0 Å². The Balaban J connectivity index is 0.00000131. The van der Waals surface area contributed by atoms with Gasteiger partial charge in [0.15, 0.2) is 0 Å². The van der Waals surface area contributed by atoms with Crippen molar-refractivity contribution in [2.75, 3.05) is 0 Å². The predicted molar refractivity (Wildman–Crippen MR) is 104 cm³/mol. The topological polar surface area (TPSA) is 0 Å². The number of fused-ring (bicyclic) bond motifs is 2. The summed E-state index contributed by atoms with van der Waals surface area (Å²) in [5.41, 5.74) is 12.5. The quantitative estimate of drug-likeness (QED) is 0.462. The molecule has 0 saturated heterocycles. The minimum absolute atomic E-state index is 0. The van der Waals surface area contributed by atoms with Gasteiger partial charge < -0.3 is 24.8 Å². The summed E-state index contributed by atoms with van der Waals surface area (Å²) in [6.07, 6.45) is 0. The van der Waals surface area contributed by atoms with E-state index in [4.69, 9.17) is 0 Å². The molecule has 0 amide bonds. The van der Waals surface area contributed by atoms with Gasteiger partial charge in [-0.1, -0.05) is 0 Å². The normalized spacial score (nSPS) is 25.4. The van der Waals surface area contributed by atoms with E-state index in [1.54, 1.807) is 22.3 Å². The van der Waals surface area contributed by atoms with E-state index in [-0.39, 0.29) is 24.8 Å². The molecular weight excluding hydrogens is 591 g/mol. The zero-order valence-corrected chi connectivity index (χ0v) is 22.5. The van der Waals surface area contributed by atoms with Crippen molar-refractivity contribution >= 4 is 11.1 Å². The second-order valence-electron chi connectivity index (χ2n) is 7.97. The predicted octanol–water partition coefficient (Wildman–Crippen LogP) is 0.524. The molecule has 2 atom stereocenters. The van der Waals surface area contributed by atoms with E-state index < -0.39 is 35.9 Å². The first-order valence-electron chi connectivity index (χ1n) is 9.15. The Morgan fingerprint density at radius 3 is 1.30 bits per heavy atom. The van der Waals surface area contributed by atoms with Gasteiger partial charge in [-0.05, 0) is 0 Å². The van der Waals surface area contributed by atoms with Crippen LogP contribution in [0.4, 0.5) is 0 Å². The molecule has 0 fully saturated rings. The summed E-state index contributed by atoms with van der Waals surface area (Å²) in [7, 11) is 0. The molecule has 2 aromatic rings. The molecule has 3 heteroatoms. The van der Waals surface area contributed by atoms with E-state index in [1.165, 1.54) is 22.3 Å². The van der Waals surface area contributed by atoms with Gasteiger partial charge in [-0.2, -0.15) is 0 Å². The van der Waals surface area contributed by atoms with Crippen molar-refractivity contribution in [1.82, 2.24) is 0 Å². The first-order valence-corrected chi connectivity index (χ1v) is 13.3. The van der Waals surface area contributed by atoms with E-state index in [1.807, 2.05) is 0 Å². The third-order valence-corrected chi connectivity index (χ3v) is 16.3. The van der Waals surface area contributed by atoms with Crippen molar-refractivity contribution in [2.24, 2.45) is 0 Å². The maximum Gasteiger partial charge on any atom is -1.00 e. The van der Waals surface area contributed by atoms with Crippen LogP contribution in [0.1, 0.15) is 63.8 Å². The molecule has 2 aliphatic carbocycles. The molecule has 2 aromatic carbocycles. The van der Waals surface area contributed by atoms with Crippen LogP contribution in [-0.2, 0) is 2.39 Å². The van der Waals surface area contributed by atoms with Crippen molar-refractivity contribution in [3.8, 4) is 0 Å². The minimum Gasteiger partial charge on any atom is -1.00 e. The van der Waals surface area contributed by atoms with Crippen LogP contribution in [0.15, 0.2) is 59.7 Å². The van der Waals surface area contributed by atoms with Crippen LogP contribution >= 0.6 is 0 Å². The van der Waals surface area contributed by atoms with Crippen LogP contribution in [0.3, 0.4) is 0 Å². The summed E-state index contributed by atoms with van der Waals surface area (Å²) >= 11 is -1.35. The van der Waals surface area contributed by atoms with Crippen LogP contribution in [0.2, 0.25) is 0 Å². The standard InChI is InChI=1S/2C12H13.2ClH.Th/c2*1-8-9(2)11-6-4-5-7-12(11)10(8)3;;;/h2*4-7H,1-3H3;2*1H;/q;;;;+2/p-2. The van der Waals surface area contributed by atoms with Gasteiger partial charge in [-0.3, -0.25) is 0 Å². The van der Waals surface area contributed by atoms with Crippen LogP contribution in [-0.4, -0.2) is 0 Å². The molecule has 4 rings (SSSR count). The fourth-order valence-electron chi connectivity index (χ4n) is 4.87. The van der Waals surface area contributed by atoms with Crippen LogP contribution in [0.5, 0.6) is 0 Å². The number of rotatable bonds is 2. The zero-order valence-electron chi connectivity index (χ0n) is 16.9. The Kier molecular flexibility index (Phi) is 6.78. The van der Waals surface area contributed by atoms with Gasteiger partial charge in [0.1, 0.15) is 0 Å². The molecule has 140 valence electrons. The molecular formula is C24H26Cl2Th. The van der Waals surface area contributed by atoms with Crippen molar-refractivity contribution in [3.05, 3.63) is 81.9 Å². The maximum atomic E-state index is 2.54. The second kappa shape index (κ2) is 7.92. The Bertz CT molecular complexity index is 879. The number of halogens is 2. The first kappa shape index (κ1) is 23.1. The van der Waals surface area contributed by atoms with Gasteiger partial charge in [0.05, 0.1) is 0 Å². The summed E-state index contributed by atoms with van der Waals surface area (Å²) in [4.78, 5) is 0. The molecule has 0 aromatic heterocycles. The molecule has 0 aliphatic heterocycles. The van der Waals surface area contributed by atoms with E-state index in [2.05, 4.69) is 90.1 Å². The average molecular weight is 617 g/mol. The minimum atomic E-state index is -1.35. The summed E-state index contributed by atoms with van der Waals surface area (Å²) < 4.78 is 0.602. The van der Waals surface area contributed by atoms with Gasteiger partial charge in [-0.15, -0.1) is 0 Å². The summed E-state index contributed by atoms with van der Waals surface area (Å²) in [5, 5.41) is 0. The Labute approximate surface area is 195 Å². The van der Waals surface area contributed by atoms with Crippen LogP contribution < -0.4 is 24.8 Å². The van der Waals surface area contributed by atoms with Gasteiger partial charge >= 0.3 is 173 Å². The molecule has 27 heavy (non-hydrogen) atoms. The molecule has 0 bridgehead atoms. The maximum absolute atomic E-state index is 2.54. The monoisotopic (exact) mass is 616 g/mol. The summed E-state index contributed by atoms with van der Waals surface area (Å²) in [6.45, 7) is 14.5. The fourth-order valence-corrected chi connectivity index (χ4v) is 15.0. The number of hydrogen-bond donors (Lipinski definition) is 0. The van der Waals surface area contributed by atoms with Crippen molar-refractivity contribution in [1.29, 1.82) is 0 Å². The van der Waals surface area contributed by atoms with Crippen LogP contribution in [0.25, 0.3) is 11.1 Å². The average Bonchev–Trinajstić information content (AvgIpc) is 2.93. The zero-order chi connectivity index (χ0) is 18.0. The van der Waals surface area contributed by atoms with Gasteiger partial charge in [0, 0.05) is 0 Å². The van der Waals surface area contributed by atoms with E-state index >= 15 is 0 Å². The van der Waals surface area contributed by atoms with Crippen molar-refractivity contribution < 1.29 is 60.7 Å². The Morgan fingerprint density at radius 1 is 0.593 bits per heavy atom. The van der Waals surface area contributed by atoms with Gasteiger partial charge in [0.25, 0.3) is 0 Å². The molecule has 0 N–H and O–H groups in total. The third kappa shape index (κ3) is 3.19. The molecule has 0 heterocycles. The number of allylic oxidation sites excluding steroid dienone is 4. The molecule has 0 spiro atoms. The van der Waals surface area contributed by atoms with E-state index in [0.29, 0.717) is 2.39 Å². The van der Waals surface area contributed by atoms with Crippen molar-refractivity contribution in [2.45, 2.75) is 43.9 Å². The largest absolute Gasteiger partial charge is 1.00 e. The fraction of sp³-hybridized carbons (Fsp3) is 0.333. The summed E-state index contributed by atoms with van der Waals surface area (Å²) in [5.74, 6) is 0. The summed E-state index contributed by atoms with van der Waals surface area (Å²) in [6, 6.07) is 18.3. The molecule has 2 aliphatic rings. The first-order chi connectivity index (χ1) is 11.8. The Morgan fingerprint density at radius 2 is 0.926 bits per heavy atom. The SMILES string of the molecule is CC1=C(C)[C](C)([Th+2][C]2(C)C(C)=C(C)c3ccccc32)c2ccccc21.[Cl-].[Cl-]. The van der Waals surface area contributed by atoms with Crippen LogP contribution in [0, 0.1) is 35.9 Å². The number of hydrogen-bond acceptors (Lipinski definition) is 0. The molecule has 0 saturated carbocycles. The molecule has 0 nitrogen and oxygen atoms in total. The third-order valence-electron chi connectivity index (χ3n) is 6.86. The van der Waals surface area contributed by atoms with Gasteiger partial charge in [0.2, 0.25) is 0 Å². The van der Waals surface area contributed by atoms with Gasteiger partial charge in [-0.25, -0.2) is 0 Å². The number of benzene rings is 2.